The van der Waals surface area contributed by atoms with Crippen LogP contribution >= 0.6 is 27.7 Å². The predicted octanol–water partition coefficient (Wildman–Crippen LogP) is 4.81. The Morgan fingerprint density at radius 3 is 2.75 bits per heavy atom. The van der Waals surface area contributed by atoms with E-state index in [1.807, 2.05) is 30.3 Å². The molecule has 0 aliphatic carbocycles. The molecule has 1 heterocycles. The lowest BCUT2D eigenvalue weighted by Gasteiger charge is -2.07. The maximum atomic E-state index is 5.38. The zero-order valence-corrected chi connectivity index (χ0v) is 15.6. The van der Waals surface area contributed by atoms with E-state index >= 15 is 0 Å². The van der Waals surface area contributed by atoms with E-state index in [1.165, 1.54) is 0 Å². The molecule has 124 valence electrons. The van der Waals surface area contributed by atoms with Gasteiger partial charge in [-0.2, -0.15) is 4.98 Å². The van der Waals surface area contributed by atoms with Gasteiger partial charge < -0.3 is 14.0 Å². The van der Waals surface area contributed by atoms with E-state index < -0.39 is 0 Å². The standard InChI is InChI=1S/C17H15BrN2O3S/c1-21-12-6-7-14(15(9-12)22-2)17-19-16(23-20-17)10-24-13-5-3-4-11(18)8-13/h3-9H,10H2,1-2H3. The molecule has 0 aliphatic heterocycles. The number of methoxy groups -OCH3 is 2. The minimum absolute atomic E-state index is 0.499. The molecule has 24 heavy (non-hydrogen) atoms. The van der Waals surface area contributed by atoms with Gasteiger partial charge in [-0.05, 0) is 30.3 Å². The summed E-state index contributed by atoms with van der Waals surface area (Å²) in [5.74, 6) is 3.01. The monoisotopic (exact) mass is 406 g/mol. The lowest BCUT2D eigenvalue weighted by atomic mass is 10.2. The Balaban J connectivity index is 1.76. The van der Waals surface area contributed by atoms with Gasteiger partial charge in [0.1, 0.15) is 11.5 Å². The van der Waals surface area contributed by atoms with Gasteiger partial charge in [0.15, 0.2) is 0 Å². The molecule has 0 amide bonds. The number of ether oxygens (including phenoxy) is 2. The van der Waals surface area contributed by atoms with Crippen LogP contribution < -0.4 is 9.47 Å². The highest BCUT2D eigenvalue weighted by Gasteiger charge is 2.14. The summed E-state index contributed by atoms with van der Waals surface area (Å²) in [5.41, 5.74) is 0.765. The summed E-state index contributed by atoms with van der Waals surface area (Å²) < 4.78 is 17.0. The third kappa shape index (κ3) is 3.91. The van der Waals surface area contributed by atoms with Gasteiger partial charge in [0.2, 0.25) is 11.7 Å². The zero-order chi connectivity index (χ0) is 16.9. The second kappa shape index (κ2) is 7.72. The first-order chi connectivity index (χ1) is 11.7. The van der Waals surface area contributed by atoms with Crippen LogP contribution in [0.25, 0.3) is 11.4 Å². The maximum absolute atomic E-state index is 5.38. The van der Waals surface area contributed by atoms with Crippen molar-refractivity contribution >= 4 is 27.7 Å². The summed E-state index contributed by atoms with van der Waals surface area (Å²) in [6.45, 7) is 0. The van der Waals surface area contributed by atoms with Crippen molar-refractivity contribution in [3.05, 3.63) is 52.8 Å². The number of halogens is 1. The fourth-order valence-corrected chi connectivity index (χ4v) is 3.45. The van der Waals surface area contributed by atoms with E-state index in [0.717, 1.165) is 14.9 Å². The first-order valence-electron chi connectivity index (χ1n) is 7.13. The van der Waals surface area contributed by atoms with Gasteiger partial charge in [0.05, 0.1) is 25.5 Å². The van der Waals surface area contributed by atoms with Gasteiger partial charge >= 0.3 is 0 Å². The van der Waals surface area contributed by atoms with Crippen molar-refractivity contribution in [3.63, 3.8) is 0 Å². The molecule has 0 atom stereocenters. The minimum Gasteiger partial charge on any atom is -0.497 e. The fraction of sp³-hybridized carbons (Fsp3) is 0.176. The molecule has 3 aromatic rings. The summed E-state index contributed by atoms with van der Waals surface area (Å²) in [4.78, 5) is 5.58. The summed E-state index contributed by atoms with van der Waals surface area (Å²) in [5, 5.41) is 4.05. The summed E-state index contributed by atoms with van der Waals surface area (Å²) in [7, 11) is 3.21. The van der Waals surface area contributed by atoms with E-state index in [2.05, 4.69) is 32.1 Å². The van der Waals surface area contributed by atoms with Crippen LogP contribution in [0, 0.1) is 0 Å². The molecule has 2 aromatic carbocycles. The van der Waals surface area contributed by atoms with E-state index in [9.17, 15) is 0 Å². The SMILES string of the molecule is COc1ccc(-c2noc(CSc3cccc(Br)c3)n2)c(OC)c1. The number of aromatic nitrogens is 2. The molecule has 5 nitrogen and oxygen atoms in total. The van der Waals surface area contributed by atoms with Gasteiger partial charge in [-0.1, -0.05) is 27.2 Å². The second-order valence-corrected chi connectivity index (χ2v) is 6.79. The lowest BCUT2D eigenvalue weighted by molar-refractivity contribution is 0.388. The van der Waals surface area contributed by atoms with E-state index in [1.54, 1.807) is 32.0 Å². The van der Waals surface area contributed by atoms with Crippen LogP contribution in [-0.2, 0) is 5.75 Å². The highest BCUT2D eigenvalue weighted by molar-refractivity contribution is 9.10. The molecule has 0 bridgehead atoms. The Morgan fingerprint density at radius 2 is 2.00 bits per heavy atom. The molecule has 0 saturated heterocycles. The molecule has 0 unspecified atom stereocenters. The fourth-order valence-electron chi connectivity index (χ4n) is 2.11. The van der Waals surface area contributed by atoms with Gasteiger partial charge in [0, 0.05) is 15.4 Å². The van der Waals surface area contributed by atoms with Gasteiger partial charge in [-0.3, -0.25) is 0 Å². The summed E-state index contributed by atoms with van der Waals surface area (Å²) in [6, 6.07) is 13.6. The van der Waals surface area contributed by atoms with Crippen molar-refractivity contribution in [3.8, 4) is 22.9 Å². The Bertz CT molecular complexity index is 838. The first-order valence-corrected chi connectivity index (χ1v) is 8.91. The quantitative estimate of drug-likeness (QED) is 0.547. The molecule has 0 aliphatic rings. The maximum Gasteiger partial charge on any atom is 0.237 e. The second-order valence-electron chi connectivity index (χ2n) is 4.82. The molecule has 0 fully saturated rings. The number of rotatable bonds is 6. The average molecular weight is 407 g/mol. The number of thioether (sulfide) groups is 1. The molecule has 1 aromatic heterocycles. The van der Waals surface area contributed by atoms with E-state index in [4.69, 9.17) is 14.0 Å². The van der Waals surface area contributed by atoms with Crippen molar-refractivity contribution in [1.29, 1.82) is 0 Å². The normalized spacial score (nSPS) is 10.6. The number of nitrogens with zero attached hydrogens (tertiary/aromatic N) is 2. The molecule has 7 heteroatoms. The molecule has 0 radical (unpaired) electrons. The Morgan fingerprint density at radius 1 is 1.12 bits per heavy atom. The van der Waals surface area contributed by atoms with Crippen LogP contribution in [0.15, 0.2) is 56.4 Å². The highest BCUT2D eigenvalue weighted by Crippen LogP contribution is 2.32. The molecule has 0 N–H and O–H groups in total. The Hall–Kier alpha value is -1.99. The van der Waals surface area contributed by atoms with Gasteiger partial charge in [-0.25, -0.2) is 0 Å². The smallest absolute Gasteiger partial charge is 0.237 e. The van der Waals surface area contributed by atoms with Crippen LogP contribution in [0.2, 0.25) is 0 Å². The van der Waals surface area contributed by atoms with Crippen LogP contribution in [-0.4, -0.2) is 24.4 Å². The molecule has 0 saturated carbocycles. The minimum atomic E-state index is 0.499. The predicted molar refractivity (Wildman–Crippen MR) is 96.5 cm³/mol. The number of hydrogen-bond acceptors (Lipinski definition) is 6. The van der Waals surface area contributed by atoms with Gasteiger partial charge in [0.25, 0.3) is 0 Å². The third-order valence-corrected chi connectivity index (χ3v) is 4.75. The summed E-state index contributed by atoms with van der Waals surface area (Å²) in [6.07, 6.45) is 0. The van der Waals surface area contributed by atoms with Crippen LogP contribution in [0.1, 0.15) is 5.89 Å². The Kier molecular flexibility index (Phi) is 5.42. The first kappa shape index (κ1) is 16.9. The van der Waals surface area contributed by atoms with Crippen molar-refractivity contribution < 1.29 is 14.0 Å². The van der Waals surface area contributed by atoms with Gasteiger partial charge in [-0.15, -0.1) is 11.8 Å². The number of benzene rings is 2. The van der Waals surface area contributed by atoms with E-state index in [-0.39, 0.29) is 0 Å². The van der Waals surface area contributed by atoms with E-state index in [0.29, 0.717) is 29.0 Å². The number of hydrogen-bond donors (Lipinski definition) is 0. The van der Waals surface area contributed by atoms with Crippen molar-refractivity contribution in [2.75, 3.05) is 14.2 Å². The molecular weight excluding hydrogens is 392 g/mol. The molecule has 3 rings (SSSR count). The average Bonchev–Trinajstić information content (AvgIpc) is 3.08. The van der Waals surface area contributed by atoms with Crippen molar-refractivity contribution in [2.45, 2.75) is 10.6 Å². The van der Waals surface area contributed by atoms with Crippen LogP contribution in [0.5, 0.6) is 11.5 Å². The van der Waals surface area contributed by atoms with Crippen molar-refractivity contribution in [1.82, 2.24) is 10.1 Å². The van der Waals surface area contributed by atoms with Crippen LogP contribution in [0.4, 0.5) is 0 Å². The Labute approximate surface area is 152 Å². The largest absolute Gasteiger partial charge is 0.497 e. The molecular formula is C17H15BrN2O3S. The lowest BCUT2D eigenvalue weighted by Crippen LogP contribution is -1.91. The van der Waals surface area contributed by atoms with Crippen LogP contribution in [0.3, 0.4) is 0 Å². The molecule has 0 spiro atoms. The topological polar surface area (TPSA) is 57.4 Å². The zero-order valence-electron chi connectivity index (χ0n) is 13.2. The highest BCUT2D eigenvalue weighted by atomic mass is 79.9. The third-order valence-electron chi connectivity index (χ3n) is 3.28. The summed E-state index contributed by atoms with van der Waals surface area (Å²) >= 11 is 5.10. The van der Waals surface area contributed by atoms with Crippen molar-refractivity contribution in [2.24, 2.45) is 0 Å².